The molecule has 2 fully saturated rings. The van der Waals surface area contributed by atoms with Gasteiger partial charge >= 0.3 is 0 Å². The molecule has 1 aliphatic heterocycles. The van der Waals surface area contributed by atoms with Crippen LogP contribution in [0, 0.1) is 11.8 Å². The Kier molecular flexibility index (Phi) is 4.47. The summed E-state index contributed by atoms with van der Waals surface area (Å²) in [5, 5.41) is 3.17. The molecule has 0 aromatic heterocycles. The molecule has 0 unspecified atom stereocenters. The van der Waals surface area contributed by atoms with Crippen LogP contribution in [0.25, 0.3) is 0 Å². The number of hydrogen-bond donors (Lipinski definition) is 1. The summed E-state index contributed by atoms with van der Waals surface area (Å²) >= 11 is 0. The molecule has 2 aliphatic rings. The summed E-state index contributed by atoms with van der Waals surface area (Å²) < 4.78 is 25.2. The number of nitrogens with zero attached hydrogens (tertiary/aromatic N) is 1. The normalized spacial score (nSPS) is 26.5. The standard InChI is InChI=1S/C18H26N2O3S/c1-13(2)15-11-20(24(3,22)23)12-16(15)19-17(21)18(9-10-18)14-7-5-4-6-8-14/h4-8,13,15-16H,9-12H2,1-3H3,(H,19,21)/t15-,16+/m0/s1. The summed E-state index contributed by atoms with van der Waals surface area (Å²) in [7, 11) is -3.23. The lowest BCUT2D eigenvalue weighted by Gasteiger charge is -2.25. The van der Waals surface area contributed by atoms with E-state index in [2.05, 4.69) is 19.2 Å². The van der Waals surface area contributed by atoms with Gasteiger partial charge in [0, 0.05) is 19.1 Å². The predicted molar refractivity (Wildman–Crippen MR) is 94.0 cm³/mol. The molecule has 5 nitrogen and oxygen atoms in total. The SMILES string of the molecule is CC(C)[C@@H]1CN(S(C)(=O)=O)C[C@H]1NC(=O)C1(c2ccccc2)CC1. The Balaban J connectivity index is 1.76. The number of hydrogen-bond acceptors (Lipinski definition) is 3. The van der Waals surface area contributed by atoms with Gasteiger partial charge in [-0.1, -0.05) is 44.2 Å². The zero-order chi connectivity index (χ0) is 17.5. The molecule has 1 saturated carbocycles. The van der Waals surface area contributed by atoms with Gasteiger partial charge in [-0.15, -0.1) is 0 Å². The Bertz CT molecular complexity index is 711. The molecule has 0 radical (unpaired) electrons. The zero-order valence-corrected chi connectivity index (χ0v) is 15.3. The molecule has 1 aromatic rings. The highest BCUT2D eigenvalue weighted by molar-refractivity contribution is 7.88. The van der Waals surface area contributed by atoms with Gasteiger partial charge < -0.3 is 5.32 Å². The maximum absolute atomic E-state index is 12.9. The van der Waals surface area contributed by atoms with E-state index < -0.39 is 15.4 Å². The Morgan fingerprint density at radius 3 is 2.33 bits per heavy atom. The van der Waals surface area contributed by atoms with Gasteiger partial charge in [-0.3, -0.25) is 4.79 Å². The average Bonchev–Trinajstić information content (AvgIpc) is 3.22. The molecule has 24 heavy (non-hydrogen) atoms. The number of rotatable bonds is 5. The van der Waals surface area contributed by atoms with E-state index >= 15 is 0 Å². The second-order valence-electron chi connectivity index (χ2n) is 7.52. The van der Waals surface area contributed by atoms with Crippen molar-refractivity contribution in [2.24, 2.45) is 11.8 Å². The first-order chi connectivity index (χ1) is 11.2. The number of benzene rings is 1. The first-order valence-electron chi connectivity index (χ1n) is 8.56. The van der Waals surface area contributed by atoms with Gasteiger partial charge in [0.2, 0.25) is 15.9 Å². The molecule has 132 valence electrons. The summed E-state index contributed by atoms with van der Waals surface area (Å²) in [4.78, 5) is 12.9. The van der Waals surface area contributed by atoms with E-state index in [1.807, 2.05) is 30.3 Å². The highest BCUT2D eigenvalue weighted by Crippen LogP contribution is 2.48. The van der Waals surface area contributed by atoms with Crippen molar-refractivity contribution in [2.75, 3.05) is 19.3 Å². The Morgan fingerprint density at radius 1 is 1.21 bits per heavy atom. The van der Waals surface area contributed by atoms with Crippen molar-refractivity contribution >= 4 is 15.9 Å². The highest BCUT2D eigenvalue weighted by Gasteiger charge is 2.52. The van der Waals surface area contributed by atoms with Crippen LogP contribution < -0.4 is 5.32 Å². The molecule has 2 atom stereocenters. The zero-order valence-electron chi connectivity index (χ0n) is 14.5. The van der Waals surface area contributed by atoms with Gasteiger partial charge in [0.1, 0.15) is 0 Å². The second-order valence-corrected chi connectivity index (χ2v) is 9.50. The van der Waals surface area contributed by atoms with Crippen molar-refractivity contribution in [3.63, 3.8) is 0 Å². The van der Waals surface area contributed by atoms with Crippen LogP contribution in [0.2, 0.25) is 0 Å². The Labute approximate surface area is 144 Å². The van der Waals surface area contributed by atoms with Crippen LogP contribution in [0.4, 0.5) is 0 Å². The average molecular weight is 350 g/mol. The third kappa shape index (κ3) is 3.22. The third-order valence-corrected chi connectivity index (χ3v) is 6.72. The minimum absolute atomic E-state index is 0.0414. The van der Waals surface area contributed by atoms with Gasteiger partial charge in [-0.05, 0) is 30.2 Å². The molecule has 3 rings (SSSR count). The molecule has 1 N–H and O–H groups in total. The van der Waals surface area contributed by atoms with Crippen LogP contribution >= 0.6 is 0 Å². The Morgan fingerprint density at radius 2 is 1.83 bits per heavy atom. The van der Waals surface area contributed by atoms with E-state index in [4.69, 9.17) is 0 Å². The lowest BCUT2D eigenvalue weighted by Crippen LogP contribution is -2.46. The minimum Gasteiger partial charge on any atom is -0.351 e. The van der Waals surface area contributed by atoms with E-state index in [1.54, 1.807) is 0 Å². The fraction of sp³-hybridized carbons (Fsp3) is 0.611. The molecule has 1 aromatic carbocycles. The smallest absolute Gasteiger partial charge is 0.230 e. The molecule has 1 saturated heterocycles. The van der Waals surface area contributed by atoms with Gasteiger partial charge in [-0.25, -0.2) is 8.42 Å². The topological polar surface area (TPSA) is 66.5 Å². The maximum atomic E-state index is 12.9. The first-order valence-corrected chi connectivity index (χ1v) is 10.4. The van der Waals surface area contributed by atoms with E-state index in [9.17, 15) is 13.2 Å². The van der Waals surface area contributed by atoms with Crippen molar-refractivity contribution in [2.45, 2.75) is 38.1 Å². The van der Waals surface area contributed by atoms with Gasteiger partial charge in [0.25, 0.3) is 0 Å². The molecule has 0 bridgehead atoms. The van der Waals surface area contributed by atoms with Crippen molar-refractivity contribution in [3.8, 4) is 0 Å². The van der Waals surface area contributed by atoms with Crippen LogP contribution in [0.5, 0.6) is 0 Å². The summed E-state index contributed by atoms with van der Waals surface area (Å²) in [5.41, 5.74) is 0.642. The van der Waals surface area contributed by atoms with Crippen LogP contribution in [0.15, 0.2) is 30.3 Å². The molecular weight excluding hydrogens is 324 g/mol. The second kappa shape index (κ2) is 6.15. The summed E-state index contributed by atoms with van der Waals surface area (Å²) in [6, 6.07) is 9.76. The number of carbonyl (C=O) groups is 1. The first kappa shape index (κ1) is 17.4. The molecule has 1 amide bonds. The fourth-order valence-electron chi connectivity index (χ4n) is 3.73. The van der Waals surface area contributed by atoms with Gasteiger partial charge in [0.05, 0.1) is 11.7 Å². The molecular formula is C18H26N2O3S. The maximum Gasteiger partial charge on any atom is 0.230 e. The number of amides is 1. The summed E-state index contributed by atoms with van der Waals surface area (Å²) in [5.74, 6) is 0.504. The van der Waals surface area contributed by atoms with Crippen molar-refractivity contribution in [3.05, 3.63) is 35.9 Å². The van der Waals surface area contributed by atoms with E-state index in [0.717, 1.165) is 18.4 Å². The Hall–Kier alpha value is -1.40. The van der Waals surface area contributed by atoms with Gasteiger partial charge in [-0.2, -0.15) is 4.31 Å². The van der Waals surface area contributed by atoms with Crippen LogP contribution in [0.1, 0.15) is 32.3 Å². The molecule has 1 heterocycles. The van der Waals surface area contributed by atoms with Crippen LogP contribution in [-0.4, -0.2) is 44.0 Å². The van der Waals surface area contributed by atoms with Crippen molar-refractivity contribution in [1.82, 2.24) is 9.62 Å². The van der Waals surface area contributed by atoms with E-state index in [0.29, 0.717) is 19.0 Å². The lowest BCUT2D eigenvalue weighted by atomic mass is 9.89. The van der Waals surface area contributed by atoms with E-state index in [1.165, 1.54) is 10.6 Å². The largest absolute Gasteiger partial charge is 0.351 e. The van der Waals surface area contributed by atoms with E-state index in [-0.39, 0.29) is 17.9 Å². The number of carbonyl (C=O) groups excluding carboxylic acids is 1. The molecule has 6 heteroatoms. The molecule has 0 spiro atoms. The number of sulfonamides is 1. The monoisotopic (exact) mass is 350 g/mol. The fourth-order valence-corrected chi connectivity index (χ4v) is 4.60. The summed E-state index contributed by atoms with van der Waals surface area (Å²) in [6.07, 6.45) is 2.95. The van der Waals surface area contributed by atoms with Crippen molar-refractivity contribution in [1.29, 1.82) is 0 Å². The quantitative estimate of drug-likeness (QED) is 0.880. The van der Waals surface area contributed by atoms with Crippen LogP contribution in [-0.2, 0) is 20.2 Å². The molecule has 1 aliphatic carbocycles. The lowest BCUT2D eigenvalue weighted by molar-refractivity contribution is -0.124. The van der Waals surface area contributed by atoms with Gasteiger partial charge in [0.15, 0.2) is 0 Å². The van der Waals surface area contributed by atoms with Crippen LogP contribution in [0.3, 0.4) is 0 Å². The minimum atomic E-state index is -3.23. The summed E-state index contributed by atoms with van der Waals surface area (Å²) in [6.45, 7) is 5.03. The highest BCUT2D eigenvalue weighted by atomic mass is 32.2. The third-order valence-electron chi connectivity index (χ3n) is 5.48. The predicted octanol–water partition coefficient (Wildman–Crippen LogP) is 1.75. The van der Waals surface area contributed by atoms with Crippen molar-refractivity contribution < 1.29 is 13.2 Å². The number of nitrogens with one attached hydrogen (secondary N) is 1.